The van der Waals surface area contributed by atoms with Crippen molar-refractivity contribution >= 4 is 27.6 Å². The van der Waals surface area contributed by atoms with Gasteiger partial charge < -0.3 is 14.8 Å². The number of esters is 2. The molecule has 1 N–H and O–H groups in total. The van der Waals surface area contributed by atoms with Crippen molar-refractivity contribution in [3.05, 3.63) is 36.0 Å². The van der Waals surface area contributed by atoms with E-state index in [1.807, 2.05) is 0 Å². The predicted molar refractivity (Wildman–Crippen MR) is 102 cm³/mol. The van der Waals surface area contributed by atoms with Gasteiger partial charge in [-0.2, -0.15) is 4.31 Å². The molecule has 1 rings (SSSR count). The molecule has 0 heterocycles. The Morgan fingerprint density at radius 3 is 1.85 bits per heavy atom. The molecule has 0 saturated carbocycles. The van der Waals surface area contributed by atoms with E-state index in [1.54, 1.807) is 39.8 Å². The number of hydrogen-bond donors (Lipinski definition) is 1. The Bertz CT molecular complexity index is 748. The first kappa shape index (κ1) is 22.7. The predicted octanol–water partition coefficient (Wildman–Crippen LogP) is 2.14. The van der Waals surface area contributed by atoms with Gasteiger partial charge in [-0.3, -0.25) is 0 Å². The van der Waals surface area contributed by atoms with Gasteiger partial charge in [-0.25, -0.2) is 18.0 Å². The highest BCUT2D eigenvalue weighted by Gasteiger charge is 2.22. The first-order valence-electron chi connectivity index (χ1n) is 8.72. The molecule has 0 aliphatic rings. The van der Waals surface area contributed by atoms with Gasteiger partial charge in [0.25, 0.3) is 0 Å². The molecule has 0 saturated heterocycles. The molecule has 0 amide bonds. The number of carbonyl (C=O) groups is 2. The average Bonchev–Trinajstić information content (AvgIpc) is 2.63. The standard InChI is InChI=1S/C18H26N2O6S/c1-5-20(6-2)27(23,24)15-11-9-14(10-12-15)19-13-16(17(21)25-7-3)18(22)26-8-4/h9-13,19H,5-8H2,1-4H3. The number of nitrogens with zero attached hydrogens (tertiary/aromatic N) is 1. The molecule has 0 aliphatic heterocycles. The van der Waals surface area contributed by atoms with E-state index < -0.39 is 22.0 Å². The van der Waals surface area contributed by atoms with E-state index in [0.717, 1.165) is 0 Å². The van der Waals surface area contributed by atoms with Crippen molar-refractivity contribution in [3.63, 3.8) is 0 Å². The highest BCUT2D eigenvalue weighted by molar-refractivity contribution is 7.89. The third-order valence-electron chi connectivity index (χ3n) is 3.57. The summed E-state index contributed by atoms with van der Waals surface area (Å²) in [5.74, 6) is -1.60. The number of ether oxygens (including phenoxy) is 2. The summed E-state index contributed by atoms with van der Waals surface area (Å²) in [5.41, 5.74) is 0.220. The molecule has 0 unspecified atom stereocenters. The van der Waals surface area contributed by atoms with Crippen LogP contribution < -0.4 is 5.32 Å². The SMILES string of the molecule is CCOC(=O)C(=CNc1ccc(S(=O)(=O)N(CC)CC)cc1)C(=O)OCC. The zero-order chi connectivity index (χ0) is 20.4. The number of hydrogen-bond acceptors (Lipinski definition) is 7. The molecule has 0 aromatic heterocycles. The van der Waals surface area contributed by atoms with Crippen molar-refractivity contribution in [2.75, 3.05) is 31.6 Å². The Balaban J connectivity index is 3.02. The molecule has 0 atom stereocenters. The maximum atomic E-state index is 12.5. The first-order valence-corrected chi connectivity index (χ1v) is 10.2. The zero-order valence-electron chi connectivity index (χ0n) is 16.0. The maximum absolute atomic E-state index is 12.5. The highest BCUT2D eigenvalue weighted by atomic mass is 32.2. The minimum atomic E-state index is -3.55. The largest absolute Gasteiger partial charge is 0.462 e. The Morgan fingerprint density at radius 2 is 1.44 bits per heavy atom. The molecular weight excluding hydrogens is 372 g/mol. The molecule has 1 aromatic rings. The van der Waals surface area contributed by atoms with Gasteiger partial charge in [0.1, 0.15) is 0 Å². The summed E-state index contributed by atoms with van der Waals surface area (Å²) in [6, 6.07) is 6.00. The van der Waals surface area contributed by atoms with Gasteiger partial charge in [0.05, 0.1) is 18.1 Å². The van der Waals surface area contributed by atoms with E-state index >= 15 is 0 Å². The van der Waals surface area contributed by atoms with Gasteiger partial charge in [0.2, 0.25) is 10.0 Å². The van der Waals surface area contributed by atoms with Crippen LogP contribution in [0.1, 0.15) is 27.7 Å². The Morgan fingerprint density at radius 1 is 0.963 bits per heavy atom. The van der Waals surface area contributed by atoms with Crippen molar-refractivity contribution in [1.82, 2.24) is 4.31 Å². The van der Waals surface area contributed by atoms with Crippen LogP contribution in [-0.2, 0) is 29.1 Å². The van der Waals surface area contributed by atoms with Crippen LogP contribution in [0, 0.1) is 0 Å². The monoisotopic (exact) mass is 398 g/mol. The second kappa shape index (κ2) is 10.7. The summed E-state index contributed by atoms with van der Waals surface area (Å²) in [4.78, 5) is 23.9. The van der Waals surface area contributed by atoms with Gasteiger partial charge in [0, 0.05) is 25.0 Å². The average molecular weight is 398 g/mol. The summed E-state index contributed by atoms with van der Waals surface area (Å²) in [5, 5.41) is 2.79. The molecular formula is C18H26N2O6S. The molecule has 0 fully saturated rings. The van der Waals surface area contributed by atoms with Gasteiger partial charge >= 0.3 is 11.9 Å². The Hall–Kier alpha value is -2.39. The molecule has 9 heteroatoms. The quantitative estimate of drug-likeness (QED) is 0.279. The van der Waals surface area contributed by atoms with E-state index in [-0.39, 0.29) is 23.7 Å². The van der Waals surface area contributed by atoms with Crippen LogP contribution in [0.5, 0.6) is 0 Å². The lowest BCUT2D eigenvalue weighted by Crippen LogP contribution is -2.30. The van der Waals surface area contributed by atoms with Crippen molar-refractivity contribution in [2.24, 2.45) is 0 Å². The fourth-order valence-corrected chi connectivity index (χ4v) is 3.67. The number of benzene rings is 1. The van der Waals surface area contributed by atoms with Crippen molar-refractivity contribution in [3.8, 4) is 0 Å². The van der Waals surface area contributed by atoms with Crippen LogP contribution >= 0.6 is 0 Å². The number of carbonyl (C=O) groups excluding carboxylic acids is 2. The van der Waals surface area contributed by atoms with Crippen LogP contribution in [-0.4, -0.2) is 51.0 Å². The smallest absolute Gasteiger partial charge is 0.347 e. The molecule has 0 radical (unpaired) electrons. The summed E-state index contributed by atoms with van der Waals surface area (Å²) in [6.07, 6.45) is 1.18. The molecule has 0 aliphatic carbocycles. The van der Waals surface area contributed by atoms with Crippen molar-refractivity contribution in [2.45, 2.75) is 32.6 Å². The van der Waals surface area contributed by atoms with Gasteiger partial charge in [0.15, 0.2) is 5.57 Å². The number of rotatable bonds is 10. The van der Waals surface area contributed by atoms with Crippen LogP contribution in [0.4, 0.5) is 5.69 Å². The molecule has 1 aromatic carbocycles. The fraction of sp³-hybridized carbons (Fsp3) is 0.444. The summed E-state index contributed by atoms with van der Waals surface area (Å²) in [6.45, 7) is 7.80. The Labute approximate surface area is 160 Å². The van der Waals surface area contributed by atoms with Gasteiger partial charge in [-0.05, 0) is 38.1 Å². The molecule has 8 nitrogen and oxygen atoms in total. The first-order chi connectivity index (χ1) is 12.8. The van der Waals surface area contributed by atoms with E-state index in [1.165, 1.54) is 22.6 Å². The van der Waals surface area contributed by atoms with Crippen LogP contribution in [0.3, 0.4) is 0 Å². The highest BCUT2D eigenvalue weighted by Crippen LogP contribution is 2.18. The molecule has 150 valence electrons. The van der Waals surface area contributed by atoms with Gasteiger partial charge in [-0.15, -0.1) is 0 Å². The van der Waals surface area contributed by atoms with E-state index in [0.29, 0.717) is 18.8 Å². The normalized spacial score (nSPS) is 11.0. The van der Waals surface area contributed by atoms with E-state index in [4.69, 9.17) is 9.47 Å². The minimum Gasteiger partial charge on any atom is -0.462 e. The fourth-order valence-electron chi connectivity index (χ4n) is 2.21. The molecule has 27 heavy (non-hydrogen) atoms. The minimum absolute atomic E-state index is 0.119. The van der Waals surface area contributed by atoms with Crippen LogP contribution in [0.25, 0.3) is 0 Å². The van der Waals surface area contributed by atoms with Gasteiger partial charge in [-0.1, -0.05) is 13.8 Å². The lowest BCUT2D eigenvalue weighted by molar-refractivity contribution is -0.146. The maximum Gasteiger partial charge on any atom is 0.347 e. The van der Waals surface area contributed by atoms with Crippen molar-refractivity contribution in [1.29, 1.82) is 0 Å². The third-order valence-corrected chi connectivity index (χ3v) is 5.64. The molecule has 0 spiro atoms. The lowest BCUT2D eigenvalue weighted by atomic mass is 10.2. The molecule has 0 bridgehead atoms. The van der Waals surface area contributed by atoms with E-state index in [9.17, 15) is 18.0 Å². The number of sulfonamides is 1. The Kier molecular flexibility index (Phi) is 8.96. The summed E-state index contributed by atoms with van der Waals surface area (Å²) < 4.78 is 36.0. The third kappa shape index (κ3) is 6.07. The van der Waals surface area contributed by atoms with Crippen molar-refractivity contribution < 1.29 is 27.5 Å². The summed E-state index contributed by atoms with van der Waals surface area (Å²) in [7, 11) is -3.55. The number of anilines is 1. The summed E-state index contributed by atoms with van der Waals surface area (Å²) >= 11 is 0. The van der Waals surface area contributed by atoms with Crippen LogP contribution in [0.2, 0.25) is 0 Å². The van der Waals surface area contributed by atoms with E-state index in [2.05, 4.69) is 5.32 Å². The lowest BCUT2D eigenvalue weighted by Gasteiger charge is -2.18. The topological polar surface area (TPSA) is 102 Å². The second-order valence-electron chi connectivity index (χ2n) is 5.26. The zero-order valence-corrected chi connectivity index (χ0v) is 16.8. The number of nitrogens with one attached hydrogen (secondary N) is 1. The van der Waals surface area contributed by atoms with Crippen LogP contribution in [0.15, 0.2) is 40.9 Å². The second-order valence-corrected chi connectivity index (χ2v) is 7.19.